The highest BCUT2D eigenvalue weighted by molar-refractivity contribution is 7.91. The summed E-state index contributed by atoms with van der Waals surface area (Å²) in [5.74, 6) is -0.776. The summed E-state index contributed by atoms with van der Waals surface area (Å²) in [5.41, 5.74) is 0.831. The van der Waals surface area contributed by atoms with Crippen molar-refractivity contribution in [2.24, 2.45) is 0 Å². The van der Waals surface area contributed by atoms with Crippen LogP contribution in [0.1, 0.15) is 22.8 Å². The van der Waals surface area contributed by atoms with Crippen molar-refractivity contribution in [1.82, 2.24) is 5.32 Å². The van der Waals surface area contributed by atoms with Crippen LogP contribution >= 0.6 is 11.6 Å². The van der Waals surface area contributed by atoms with Crippen LogP contribution in [0.5, 0.6) is 0 Å². The van der Waals surface area contributed by atoms with Gasteiger partial charge in [-0.05, 0) is 23.8 Å². The minimum Gasteiger partial charge on any atom is -0.375 e. The number of rotatable bonds is 9. The topological polar surface area (TPSA) is 118 Å². The molecule has 8 nitrogen and oxygen atoms in total. The van der Waals surface area contributed by atoms with Gasteiger partial charge in [0, 0.05) is 35.5 Å². The maximum atomic E-state index is 12.2. The van der Waals surface area contributed by atoms with E-state index < -0.39 is 20.7 Å². The number of halogens is 1. The Labute approximate surface area is 168 Å². The van der Waals surface area contributed by atoms with Crippen LogP contribution in [0.25, 0.3) is 0 Å². The molecule has 0 saturated heterocycles. The molecule has 150 valence electrons. The van der Waals surface area contributed by atoms with E-state index >= 15 is 0 Å². The Hall–Kier alpha value is -2.65. The molecule has 0 atom stereocenters. The average Bonchev–Trinajstić information content (AvgIpc) is 2.67. The third kappa shape index (κ3) is 5.93. The summed E-state index contributed by atoms with van der Waals surface area (Å²) in [6, 6.07) is 11.1. The van der Waals surface area contributed by atoms with Crippen LogP contribution in [0.4, 0.5) is 11.4 Å². The van der Waals surface area contributed by atoms with Crippen LogP contribution in [-0.4, -0.2) is 37.3 Å². The Morgan fingerprint density at radius 2 is 1.93 bits per heavy atom. The van der Waals surface area contributed by atoms with Crippen LogP contribution in [-0.2, 0) is 16.4 Å². The fourth-order valence-electron chi connectivity index (χ4n) is 2.37. The Morgan fingerprint density at radius 3 is 2.57 bits per heavy atom. The highest BCUT2D eigenvalue weighted by Gasteiger charge is 2.18. The van der Waals surface area contributed by atoms with Crippen molar-refractivity contribution >= 4 is 38.7 Å². The molecule has 0 bridgehead atoms. The van der Waals surface area contributed by atoms with Crippen LogP contribution < -0.4 is 10.6 Å². The summed E-state index contributed by atoms with van der Waals surface area (Å²) in [7, 11) is -3.21. The molecular weight excluding hydrogens is 406 g/mol. The second-order valence-corrected chi connectivity index (χ2v) is 8.81. The molecule has 28 heavy (non-hydrogen) atoms. The van der Waals surface area contributed by atoms with Crippen LogP contribution in [0.3, 0.4) is 0 Å². The van der Waals surface area contributed by atoms with Crippen molar-refractivity contribution in [2.45, 2.75) is 13.5 Å². The molecule has 2 aromatic carbocycles. The number of nitrogens with zero attached hydrogens (tertiary/aromatic N) is 1. The molecule has 0 radical (unpaired) electrons. The number of carbonyl (C=O) groups excluding carboxylic acids is 1. The molecule has 0 aliphatic heterocycles. The molecule has 0 fully saturated rings. The summed E-state index contributed by atoms with van der Waals surface area (Å²) in [5, 5.41) is 17.3. The molecule has 10 heteroatoms. The van der Waals surface area contributed by atoms with E-state index in [9.17, 15) is 23.3 Å². The second-order valence-electron chi connectivity index (χ2n) is 5.93. The Kier molecular flexibility index (Phi) is 7.36. The molecule has 0 aliphatic rings. The van der Waals surface area contributed by atoms with E-state index in [1.54, 1.807) is 18.2 Å². The lowest BCUT2D eigenvalue weighted by Gasteiger charge is -2.10. The molecule has 0 unspecified atom stereocenters. The standard InChI is InChI=1S/C18H20ClN3O5S/c1-2-28(26,27)10-9-20-18(23)13-7-8-16(17(11-13)22(24)25)21-12-14-5-3-4-6-15(14)19/h3-8,11,21H,2,9-10,12H2,1H3,(H,20,23). The molecule has 0 heterocycles. The van der Waals surface area contributed by atoms with Crippen molar-refractivity contribution in [2.75, 3.05) is 23.4 Å². The molecule has 1 amide bonds. The van der Waals surface area contributed by atoms with E-state index in [2.05, 4.69) is 10.6 Å². The third-order valence-corrected chi connectivity index (χ3v) is 6.10. The van der Waals surface area contributed by atoms with Gasteiger partial charge in [0.25, 0.3) is 11.6 Å². The Bertz CT molecular complexity index is 979. The summed E-state index contributed by atoms with van der Waals surface area (Å²) >= 11 is 6.08. The summed E-state index contributed by atoms with van der Waals surface area (Å²) in [6.45, 7) is 1.74. The van der Waals surface area contributed by atoms with E-state index in [4.69, 9.17) is 11.6 Å². The predicted octanol–water partition coefficient (Wildman–Crippen LogP) is 3.02. The SMILES string of the molecule is CCS(=O)(=O)CCNC(=O)c1ccc(NCc2ccccc2Cl)c([N+](=O)[O-])c1. The summed E-state index contributed by atoms with van der Waals surface area (Å²) < 4.78 is 22.9. The third-order valence-electron chi connectivity index (χ3n) is 4.02. The molecule has 0 aromatic heterocycles. The number of hydrogen-bond donors (Lipinski definition) is 2. The normalized spacial score (nSPS) is 11.1. The van der Waals surface area contributed by atoms with Gasteiger partial charge in [-0.15, -0.1) is 0 Å². The molecule has 2 rings (SSSR count). The van der Waals surface area contributed by atoms with Gasteiger partial charge in [-0.1, -0.05) is 36.7 Å². The summed E-state index contributed by atoms with van der Waals surface area (Å²) in [6.07, 6.45) is 0. The van der Waals surface area contributed by atoms with E-state index in [-0.39, 0.29) is 41.5 Å². The quantitative estimate of drug-likeness (QED) is 0.471. The first-order chi connectivity index (χ1) is 13.2. The van der Waals surface area contributed by atoms with Gasteiger partial charge >= 0.3 is 0 Å². The van der Waals surface area contributed by atoms with Gasteiger partial charge in [0.15, 0.2) is 9.84 Å². The molecule has 0 spiro atoms. The van der Waals surface area contributed by atoms with Crippen LogP contribution in [0.15, 0.2) is 42.5 Å². The lowest BCUT2D eigenvalue weighted by atomic mass is 10.1. The van der Waals surface area contributed by atoms with Gasteiger partial charge in [-0.2, -0.15) is 0 Å². The van der Waals surface area contributed by atoms with Crippen LogP contribution in [0.2, 0.25) is 5.02 Å². The Balaban J connectivity index is 2.10. The largest absolute Gasteiger partial charge is 0.375 e. The first kappa shape index (κ1) is 21.6. The maximum absolute atomic E-state index is 12.2. The van der Waals surface area contributed by atoms with Crippen LogP contribution in [0, 0.1) is 10.1 Å². The number of nitro benzene ring substituents is 1. The number of carbonyl (C=O) groups is 1. The number of nitrogens with one attached hydrogen (secondary N) is 2. The van der Waals surface area contributed by atoms with Crippen molar-refractivity contribution in [3.05, 3.63) is 68.7 Å². The van der Waals surface area contributed by atoms with Crippen molar-refractivity contribution < 1.29 is 18.1 Å². The molecule has 0 saturated carbocycles. The minimum absolute atomic E-state index is 0.0138. The predicted molar refractivity (Wildman–Crippen MR) is 109 cm³/mol. The van der Waals surface area contributed by atoms with Gasteiger partial charge in [0.2, 0.25) is 0 Å². The zero-order valence-electron chi connectivity index (χ0n) is 15.1. The van der Waals surface area contributed by atoms with Crippen molar-refractivity contribution in [3.8, 4) is 0 Å². The van der Waals surface area contributed by atoms with Gasteiger partial charge in [0.1, 0.15) is 5.69 Å². The summed E-state index contributed by atoms with van der Waals surface area (Å²) in [4.78, 5) is 23.0. The molecule has 0 aliphatic carbocycles. The number of hydrogen-bond acceptors (Lipinski definition) is 6. The van der Waals surface area contributed by atoms with E-state index in [0.29, 0.717) is 5.02 Å². The zero-order chi connectivity index (χ0) is 20.7. The van der Waals surface area contributed by atoms with Crippen molar-refractivity contribution in [1.29, 1.82) is 0 Å². The number of anilines is 1. The van der Waals surface area contributed by atoms with Crippen molar-refractivity contribution in [3.63, 3.8) is 0 Å². The van der Waals surface area contributed by atoms with Gasteiger partial charge in [-0.25, -0.2) is 8.42 Å². The monoisotopic (exact) mass is 425 g/mol. The second kappa shape index (κ2) is 9.52. The lowest BCUT2D eigenvalue weighted by molar-refractivity contribution is -0.384. The first-order valence-corrected chi connectivity index (χ1v) is 10.7. The van der Waals surface area contributed by atoms with Gasteiger partial charge < -0.3 is 10.6 Å². The number of nitro groups is 1. The lowest BCUT2D eigenvalue weighted by Crippen LogP contribution is -2.29. The molecule has 2 aromatic rings. The number of sulfone groups is 1. The van der Waals surface area contributed by atoms with Gasteiger partial charge in [0.05, 0.1) is 10.7 Å². The molecular formula is C18H20ClN3O5S. The fourth-order valence-corrected chi connectivity index (χ4v) is 3.28. The number of benzene rings is 2. The zero-order valence-corrected chi connectivity index (χ0v) is 16.7. The minimum atomic E-state index is -3.21. The highest BCUT2D eigenvalue weighted by Crippen LogP contribution is 2.27. The fraction of sp³-hybridized carbons (Fsp3) is 0.278. The average molecular weight is 426 g/mol. The van der Waals surface area contributed by atoms with E-state index in [1.807, 2.05) is 6.07 Å². The molecule has 2 N–H and O–H groups in total. The van der Waals surface area contributed by atoms with E-state index in [1.165, 1.54) is 19.1 Å². The number of amides is 1. The smallest absolute Gasteiger partial charge is 0.293 e. The Morgan fingerprint density at radius 1 is 1.21 bits per heavy atom. The maximum Gasteiger partial charge on any atom is 0.293 e. The van der Waals surface area contributed by atoms with Gasteiger partial charge in [-0.3, -0.25) is 14.9 Å². The van der Waals surface area contributed by atoms with E-state index in [0.717, 1.165) is 11.6 Å². The first-order valence-electron chi connectivity index (χ1n) is 8.48. The highest BCUT2D eigenvalue weighted by atomic mass is 35.5.